The number of hydrogen-bond donors (Lipinski definition) is 2. The number of benzene rings is 1. The van der Waals surface area contributed by atoms with E-state index < -0.39 is 0 Å². The van der Waals surface area contributed by atoms with E-state index >= 15 is 0 Å². The van der Waals surface area contributed by atoms with E-state index in [1.165, 1.54) is 36.8 Å². The third kappa shape index (κ3) is 3.31. The first-order chi connectivity index (χ1) is 10.1. The number of thiazole rings is 1. The largest absolute Gasteiger partial charge is 0.399 e. The molecule has 114 valence electrons. The Bertz CT molecular complexity index is 612. The molecule has 1 heterocycles. The molecule has 1 fully saturated rings. The van der Waals surface area contributed by atoms with Crippen molar-refractivity contribution < 1.29 is 0 Å². The summed E-state index contributed by atoms with van der Waals surface area (Å²) in [5, 5.41) is 4.64. The number of nitrogens with one attached hydrogen (secondary N) is 1. The zero-order valence-electron chi connectivity index (χ0n) is 13.0. The van der Waals surface area contributed by atoms with E-state index in [9.17, 15) is 0 Å². The summed E-state index contributed by atoms with van der Waals surface area (Å²) < 4.78 is 1.17. The lowest BCUT2D eigenvalue weighted by atomic mass is 9.78. The summed E-state index contributed by atoms with van der Waals surface area (Å²) in [7, 11) is 0. The Balaban J connectivity index is 1.72. The second-order valence-electron chi connectivity index (χ2n) is 6.90. The van der Waals surface area contributed by atoms with E-state index in [1.54, 1.807) is 11.3 Å². The minimum atomic E-state index is 0.477. The highest BCUT2D eigenvalue weighted by Gasteiger charge is 2.34. The Labute approximate surface area is 131 Å². The summed E-state index contributed by atoms with van der Waals surface area (Å²) in [6.07, 6.45) is 6.79. The SMILES string of the molecule is CC(C)CC1(CNc2nc3ccc(N)cc3s2)CCCC1. The van der Waals surface area contributed by atoms with Gasteiger partial charge in [-0.05, 0) is 48.8 Å². The quantitative estimate of drug-likeness (QED) is 0.773. The molecule has 1 aromatic carbocycles. The summed E-state index contributed by atoms with van der Waals surface area (Å²) in [5.41, 5.74) is 8.17. The Kier molecular flexibility index (Phi) is 4.07. The third-order valence-corrected chi connectivity index (χ3v) is 5.51. The number of nitrogens with two attached hydrogens (primary N) is 1. The maximum atomic E-state index is 5.84. The Hall–Kier alpha value is -1.29. The van der Waals surface area contributed by atoms with Gasteiger partial charge in [-0.15, -0.1) is 0 Å². The van der Waals surface area contributed by atoms with Crippen LogP contribution in [0.1, 0.15) is 46.0 Å². The number of hydrogen-bond acceptors (Lipinski definition) is 4. The predicted molar refractivity (Wildman–Crippen MR) is 92.9 cm³/mol. The smallest absolute Gasteiger partial charge is 0.183 e. The minimum Gasteiger partial charge on any atom is -0.399 e. The van der Waals surface area contributed by atoms with Gasteiger partial charge in [0.15, 0.2) is 5.13 Å². The highest BCUT2D eigenvalue weighted by Crippen LogP contribution is 2.43. The summed E-state index contributed by atoms with van der Waals surface area (Å²) in [6.45, 7) is 5.72. The zero-order valence-corrected chi connectivity index (χ0v) is 13.8. The summed E-state index contributed by atoms with van der Waals surface area (Å²) >= 11 is 1.71. The average molecular weight is 303 g/mol. The molecule has 0 amide bonds. The first-order valence-corrected chi connectivity index (χ1v) is 8.78. The van der Waals surface area contributed by atoms with Crippen LogP contribution >= 0.6 is 11.3 Å². The maximum Gasteiger partial charge on any atom is 0.183 e. The van der Waals surface area contributed by atoms with Crippen molar-refractivity contribution in [3.05, 3.63) is 18.2 Å². The molecular formula is C17H25N3S. The molecule has 21 heavy (non-hydrogen) atoms. The van der Waals surface area contributed by atoms with Crippen molar-refractivity contribution in [1.29, 1.82) is 0 Å². The fourth-order valence-corrected chi connectivity index (χ4v) is 4.63. The van der Waals surface area contributed by atoms with Crippen molar-refractivity contribution in [3.63, 3.8) is 0 Å². The van der Waals surface area contributed by atoms with Crippen molar-refractivity contribution in [2.75, 3.05) is 17.6 Å². The molecule has 4 heteroatoms. The Morgan fingerprint density at radius 1 is 1.33 bits per heavy atom. The van der Waals surface area contributed by atoms with Crippen LogP contribution in [-0.4, -0.2) is 11.5 Å². The van der Waals surface area contributed by atoms with Crippen molar-refractivity contribution in [2.24, 2.45) is 11.3 Å². The molecular weight excluding hydrogens is 278 g/mol. The van der Waals surface area contributed by atoms with Crippen molar-refractivity contribution in [1.82, 2.24) is 4.98 Å². The molecule has 1 aliphatic carbocycles. The highest BCUT2D eigenvalue weighted by molar-refractivity contribution is 7.22. The van der Waals surface area contributed by atoms with Gasteiger partial charge in [0.2, 0.25) is 0 Å². The molecule has 0 radical (unpaired) electrons. The first-order valence-electron chi connectivity index (χ1n) is 7.96. The fraction of sp³-hybridized carbons (Fsp3) is 0.588. The molecule has 1 aromatic heterocycles. The summed E-state index contributed by atoms with van der Waals surface area (Å²) in [4.78, 5) is 4.68. The van der Waals surface area contributed by atoms with Crippen LogP contribution in [0.15, 0.2) is 18.2 Å². The van der Waals surface area contributed by atoms with Crippen LogP contribution in [0.5, 0.6) is 0 Å². The number of fused-ring (bicyclic) bond motifs is 1. The van der Waals surface area contributed by atoms with Gasteiger partial charge < -0.3 is 11.1 Å². The first kappa shape index (κ1) is 14.6. The van der Waals surface area contributed by atoms with Crippen LogP contribution in [-0.2, 0) is 0 Å². The van der Waals surface area contributed by atoms with Crippen molar-refractivity contribution >= 4 is 32.4 Å². The van der Waals surface area contributed by atoms with E-state index in [-0.39, 0.29) is 0 Å². The molecule has 0 aliphatic heterocycles. The zero-order chi connectivity index (χ0) is 14.9. The molecule has 1 saturated carbocycles. The molecule has 1 aliphatic rings. The van der Waals surface area contributed by atoms with Gasteiger partial charge in [-0.25, -0.2) is 4.98 Å². The van der Waals surface area contributed by atoms with Gasteiger partial charge in [-0.2, -0.15) is 0 Å². The van der Waals surface area contributed by atoms with E-state index in [0.29, 0.717) is 5.41 Å². The molecule has 3 N–H and O–H groups in total. The fourth-order valence-electron chi connectivity index (χ4n) is 3.72. The third-order valence-electron chi connectivity index (χ3n) is 4.53. The summed E-state index contributed by atoms with van der Waals surface area (Å²) in [5.74, 6) is 0.764. The molecule has 0 spiro atoms. The van der Waals surface area contributed by atoms with Gasteiger partial charge >= 0.3 is 0 Å². The number of anilines is 2. The molecule has 0 atom stereocenters. The molecule has 3 nitrogen and oxygen atoms in total. The number of nitrogen functional groups attached to an aromatic ring is 1. The lowest BCUT2D eigenvalue weighted by Crippen LogP contribution is -2.28. The van der Waals surface area contributed by atoms with Gasteiger partial charge in [0.25, 0.3) is 0 Å². The molecule has 3 rings (SSSR count). The van der Waals surface area contributed by atoms with Crippen LogP contribution < -0.4 is 11.1 Å². The van der Waals surface area contributed by atoms with E-state index in [1.807, 2.05) is 18.2 Å². The van der Waals surface area contributed by atoms with Gasteiger partial charge in [0.05, 0.1) is 10.2 Å². The van der Waals surface area contributed by atoms with Crippen LogP contribution in [0, 0.1) is 11.3 Å². The number of aromatic nitrogens is 1. The Morgan fingerprint density at radius 3 is 2.81 bits per heavy atom. The van der Waals surface area contributed by atoms with Crippen LogP contribution in [0.25, 0.3) is 10.2 Å². The molecule has 2 aromatic rings. The lowest BCUT2D eigenvalue weighted by Gasteiger charge is -2.31. The van der Waals surface area contributed by atoms with Gasteiger partial charge in [0.1, 0.15) is 0 Å². The van der Waals surface area contributed by atoms with Crippen molar-refractivity contribution in [3.8, 4) is 0 Å². The van der Waals surface area contributed by atoms with Crippen molar-refractivity contribution in [2.45, 2.75) is 46.0 Å². The Morgan fingerprint density at radius 2 is 2.10 bits per heavy atom. The molecule has 0 saturated heterocycles. The van der Waals surface area contributed by atoms with Crippen LogP contribution in [0.2, 0.25) is 0 Å². The second kappa shape index (κ2) is 5.84. The predicted octanol–water partition coefficient (Wildman–Crippen LogP) is 4.90. The standard InChI is InChI=1S/C17H25N3S/c1-12(2)10-17(7-3-4-8-17)11-19-16-20-14-6-5-13(18)9-15(14)21-16/h5-6,9,12H,3-4,7-8,10-11,18H2,1-2H3,(H,19,20). The van der Waals surface area contributed by atoms with E-state index in [4.69, 9.17) is 5.73 Å². The monoisotopic (exact) mass is 303 g/mol. The number of rotatable bonds is 5. The lowest BCUT2D eigenvalue weighted by molar-refractivity contribution is 0.252. The number of nitrogens with zero attached hydrogens (tertiary/aromatic N) is 1. The highest BCUT2D eigenvalue weighted by atomic mass is 32.1. The second-order valence-corrected chi connectivity index (χ2v) is 7.94. The average Bonchev–Trinajstić information content (AvgIpc) is 3.02. The van der Waals surface area contributed by atoms with Crippen LogP contribution in [0.3, 0.4) is 0 Å². The topological polar surface area (TPSA) is 50.9 Å². The summed E-state index contributed by atoms with van der Waals surface area (Å²) in [6, 6.07) is 5.94. The van der Waals surface area contributed by atoms with Gasteiger partial charge in [-0.1, -0.05) is 38.0 Å². The molecule has 0 bridgehead atoms. The van der Waals surface area contributed by atoms with Gasteiger partial charge in [0, 0.05) is 12.2 Å². The van der Waals surface area contributed by atoms with Gasteiger partial charge in [-0.3, -0.25) is 0 Å². The van der Waals surface area contributed by atoms with Crippen LogP contribution in [0.4, 0.5) is 10.8 Å². The maximum absolute atomic E-state index is 5.84. The van der Waals surface area contributed by atoms with E-state index in [0.717, 1.165) is 28.8 Å². The minimum absolute atomic E-state index is 0.477. The normalized spacial score (nSPS) is 17.7. The molecule has 0 unspecified atom stereocenters. The van der Waals surface area contributed by atoms with E-state index in [2.05, 4.69) is 24.1 Å².